The van der Waals surface area contributed by atoms with E-state index < -0.39 is 27.6 Å². The van der Waals surface area contributed by atoms with Crippen molar-refractivity contribution in [1.82, 2.24) is 9.71 Å². The molecular formula is C28H34N2O5S2. The van der Waals surface area contributed by atoms with Crippen LogP contribution in [0.1, 0.15) is 53.5 Å². The number of rotatable bonds is 8. The largest absolute Gasteiger partial charge is 0.459 e. The maximum atomic E-state index is 13.2. The molecule has 0 saturated heterocycles. The van der Waals surface area contributed by atoms with Crippen molar-refractivity contribution in [3.8, 4) is 10.4 Å². The van der Waals surface area contributed by atoms with E-state index in [0.717, 1.165) is 32.6 Å². The minimum atomic E-state index is -4.01. The van der Waals surface area contributed by atoms with Crippen molar-refractivity contribution < 1.29 is 22.4 Å². The molecule has 0 aliphatic heterocycles. The quantitative estimate of drug-likeness (QED) is 0.253. The van der Waals surface area contributed by atoms with E-state index in [0.29, 0.717) is 17.1 Å². The summed E-state index contributed by atoms with van der Waals surface area (Å²) in [6.45, 7) is 13.1. The predicted molar refractivity (Wildman–Crippen MR) is 148 cm³/mol. The van der Waals surface area contributed by atoms with Crippen LogP contribution in [0, 0.1) is 11.8 Å². The molecule has 4 aromatic rings. The molecule has 2 heterocycles. The molecule has 0 bridgehead atoms. The second-order valence-electron chi connectivity index (χ2n) is 11.1. The number of hydrogen-bond donors (Lipinski definition) is 1. The van der Waals surface area contributed by atoms with Crippen molar-refractivity contribution >= 4 is 49.3 Å². The highest BCUT2D eigenvalue weighted by Gasteiger charge is 2.32. The molecule has 198 valence electrons. The van der Waals surface area contributed by atoms with E-state index in [1.54, 1.807) is 52.0 Å². The van der Waals surface area contributed by atoms with Crippen LogP contribution in [-0.4, -0.2) is 31.0 Å². The number of benzene rings is 2. The fraction of sp³-hybridized carbons (Fsp3) is 0.429. The highest BCUT2D eigenvalue weighted by Crippen LogP contribution is 2.35. The van der Waals surface area contributed by atoms with E-state index in [-0.39, 0.29) is 10.8 Å². The molecule has 0 unspecified atom stereocenters. The van der Waals surface area contributed by atoms with Gasteiger partial charge in [-0.3, -0.25) is 4.79 Å². The van der Waals surface area contributed by atoms with Crippen LogP contribution >= 0.6 is 11.3 Å². The fourth-order valence-corrected chi connectivity index (χ4v) is 6.50. The van der Waals surface area contributed by atoms with Crippen LogP contribution in [0.4, 0.5) is 0 Å². The Balaban J connectivity index is 1.65. The number of aromatic nitrogens is 1. The van der Waals surface area contributed by atoms with Gasteiger partial charge in [-0.2, -0.15) is 4.72 Å². The Morgan fingerprint density at radius 1 is 1.05 bits per heavy atom. The molecular weight excluding hydrogens is 508 g/mol. The Morgan fingerprint density at radius 3 is 2.43 bits per heavy atom. The molecule has 4 rings (SSSR count). The number of nitrogens with zero attached hydrogens (tertiary/aromatic N) is 1. The third kappa shape index (κ3) is 6.22. The molecule has 37 heavy (non-hydrogen) atoms. The lowest BCUT2D eigenvalue weighted by molar-refractivity contribution is -0.158. The molecule has 0 fully saturated rings. The molecule has 1 N–H and O–H groups in total. The Morgan fingerprint density at radius 2 is 1.78 bits per heavy atom. The topological polar surface area (TPSA) is 98.5 Å². The first-order valence-corrected chi connectivity index (χ1v) is 14.7. The number of ether oxygens (including phenoxy) is 1. The average Bonchev–Trinajstić information content (AvgIpc) is 3.39. The molecule has 0 aliphatic carbocycles. The molecule has 9 heteroatoms. The van der Waals surface area contributed by atoms with Gasteiger partial charge in [0.05, 0.1) is 14.8 Å². The monoisotopic (exact) mass is 542 g/mol. The van der Waals surface area contributed by atoms with Gasteiger partial charge in [-0.15, -0.1) is 11.3 Å². The van der Waals surface area contributed by atoms with Gasteiger partial charge in [0, 0.05) is 29.5 Å². The van der Waals surface area contributed by atoms with Crippen LogP contribution in [0.25, 0.3) is 32.4 Å². The van der Waals surface area contributed by atoms with Crippen molar-refractivity contribution in [2.24, 2.45) is 11.8 Å². The standard InChI is InChI=1S/C28H34N2O5S2/c1-16(2)12-25-29-15-24(36-25)18-8-11-22-21(13-18)20-10-9-19(14-23(20)34-22)37(32,33)30-26(17(3)4)27(31)35-28(5,6)7/h8-11,13-17,26,30H,12H2,1-7H3/t26-/m0/s1. The third-order valence-corrected chi connectivity index (χ3v) is 8.29. The number of nitrogens with one attached hydrogen (secondary N) is 1. The second-order valence-corrected chi connectivity index (χ2v) is 13.9. The highest BCUT2D eigenvalue weighted by molar-refractivity contribution is 7.89. The summed E-state index contributed by atoms with van der Waals surface area (Å²) < 4.78 is 40.4. The molecule has 0 spiro atoms. The zero-order chi connectivity index (χ0) is 27.1. The summed E-state index contributed by atoms with van der Waals surface area (Å²) in [7, 11) is -4.01. The van der Waals surface area contributed by atoms with Gasteiger partial charge in [-0.1, -0.05) is 27.7 Å². The van der Waals surface area contributed by atoms with Gasteiger partial charge >= 0.3 is 5.97 Å². The van der Waals surface area contributed by atoms with Crippen molar-refractivity contribution in [2.75, 3.05) is 0 Å². The molecule has 7 nitrogen and oxygen atoms in total. The number of hydrogen-bond acceptors (Lipinski definition) is 7. The summed E-state index contributed by atoms with van der Waals surface area (Å²) in [4.78, 5) is 18.3. The normalized spacial score (nSPS) is 13.6. The lowest BCUT2D eigenvalue weighted by Gasteiger charge is -2.26. The average molecular weight is 543 g/mol. The van der Waals surface area contributed by atoms with E-state index in [9.17, 15) is 13.2 Å². The van der Waals surface area contributed by atoms with Gasteiger partial charge in [0.2, 0.25) is 10.0 Å². The molecule has 1 atom stereocenters. The maximum Gasteiger partial charge on any atom is 0.324 e. The van der Waals surface area contributed by atoms with Gasteiger partial charge in [0.15, 0.2) is 0 Å². The maximum absolute atomic E-state index is 13.2. The van der Waals surface area contributed by atoms with Crippen molar-refractivity contribution in [1.29, 1.82) is 0 Å². The van der Waals surface area contributed by atoms with Crippen LogP contribution in [0.3, 0.4) is 0 Å². The minimum absolute atomic E-state index is 0.0225. The zero-order valence-corrected chi connectivity index (χ0v) is 23.9. The van der Waals surface area contributed by atoms with E-state index in [1.165, 1.54) is 12.1 Å². The summed E-state index contributed by atoms with van der Waals surface area (Å²) in [6.07, 6.45) is 2.84. The number of furan rings is 1. The summed E-state index contributed by atoms with van der Waals surface area (Å²) in [6, 6.07) is 9.70. The Hall–Kier alpha value is -2.75. The molecule has 0 amide bonds. The second kappa shape index (κ2) is 10.2. The van der Waals surface area contributed by atoms with Gasteiger partial charge in [0.25, 0.3) is 0 Å². The van der Waals surface area contributed by atoms with Gasteiger partial charge < -0.3 is 9.15 Å². The summed E-state index contributed by atoms with van der Waals surface area (Å²) in [5.74, 6) is -0.368. The Kier molecular flexibility index (Phi) is 7.52. The molecule has 0 saturated carbocycles. The van der Waals surface area contributed by atoms with E-state index in [1.807, 2.05) is 18.3 Å². The van der Waals surface area contributed by atoms with Crippen molar-refractivity contribution in [3.05, 3.63) is 47.6 Å². The van der Waals surface area contributed by atoms with E-state index >= 15 is 0 Å². The van der Waals surface area contributed by atoms with Crippen LogP contribution in [0.5, 0.6) is 0 Å². The van der Waals surface area contributed by atoms with Gasteiger partial charge in [-0.05, 0) is 68.5 Å². The van der Waals surface area contributed by atoms with Gasteiger partial charge in [-0.25, -0.2) is 13.4 Å². The summed E-state index contributed by atoms with van der Waals surface area (Å²) in [5, 5.41) is 2.82. The highest BCUT2D eigenvalue weighted by atomic mass is 32.2. The zero-order valence-electron chi connectivity index (χ0n) is 22.3. The van der Waals surface area contributed by atoms with Crippen molar-refractivity contribution in [3.63, 3.8) is 0 Å². The number of fused-ring (bicyclic) bond motifs is 3. The summed E-state index contributed by atoms with van der Waals surface area (Å²) in [5.41, 5.74) is 1.44. The minimum Gasteiger partial charge on any atom is -0.459 e. The molecule has 0 radical (unpaired) electrons. The molecule has 0 aliphatic rings. The van der Waals surface area contributed by atoms with E-state index in [4.69, 9.17) is 9.15 Å². The first kappa shape index (κ1) is 27.3. The Labute approximate surface area is 222 Å². The van der Waals surface area contributed by atoms with Crippen LogP contribution in [-0.2, 0) is 26.0 Å². The predicted octanol–water partition coefficient (Wildman–Crippen LogP) is 6.55. The molecule has 2 aromatic heterocycles. The first-order valence-electron chi connectivity index (χ1n) is 12.4. The Bertz CT molecular complexity index is 1540. The van der Waals surface area contributed by atoms with Gasteiger partial charge in [0.1, 0.15) is 22.8 Å². The lowest BCUT2D eigenvalue weighted by Crippen LogP contribution is -2.47. The van der Waals surface area contributed by atoms with Crippen LogP contribution in [0.2, 0.25) is 0 Å². The number of carbonyl (C=O) groups is 1. The SMILES string of the molecule is CC(C)Cc1ncc(-c2ccc3oc4cc(S(=O)(=O)N[C@H](C(=O)OC(C)(C)C)C(C)C)ccc4c3c2)s1. The lowest BCUT2D eigenvalue weighted by atomic mass is 10.1. The number of sulfonamides is 1. The summed E-state index contributed by atoms with van der Waals surface area (Å²) >= 11 is 1.68. The van der Waals surface area contributed by atoms with E-state index in [2.05, 4.69) is 29.6 Å². The molecule has 2 aromatic carbocycles. The van der Waals surface area contributed by atoms with Crippen LogP contribution in [0.15, 0.2) is 51.9 Å². The fourth-order valence-electron chi connectivity index (χ4n) is 4.02. The number of thiazole rings is 1. The number of esters is 1. The smallest absolute Gasteiger partial charge is 0.324 e. The third-order valence-electron chi connectivity index (χ3n) is 5.78. The van der Waals surface area contributed by atoms with Crippen molar-refractivity contribution in [2.45, 2.75) is 71.4 Å². The number of carbonyl (C=O) groups excluding carboxylic acids is 1. The van der Waals surface area contributed by atoms with Crippen LogP contribution < -0.4 is 4.72 Å². The first-order chi connectivity index (χ1) is 17.2.